The zero-order valence-electron chi connectivity index (χ0n) is 16.8. The molecule has 1 amide bonds. The van der Waals surface area contributed by atoms with E-state index in [2.05, 4.69) is 26.2 Å². The first kappa shape index (κ1) is 25.0. The van der Waals surface area contributed by atoms with Crippen molar-refractivity contribution in [2.24, 2.45) is 4.99 Å². The molecule has 172 valence electrons. The Labute approximate surface area is 213 Å². The number of nitro benzene ring substituents is 1. The summed E-state index contributed by atoms with van der Waals surface area (Å²) in [6.07, 6.45) is 1.65. The number of ether oxygens (including phenoxy) is 2. The highest BCUT2D eigenvalue weighted by atomic mass is 127. The molecule has 0 unspecified atom stereocenters. The minimum Gasteiger partial charge on any atom is -0.490 e. The van der Waals surface area contributed by atoms with Crippen molar-refractivity contribution in [3.8, 4) is 11.5 Å². The van der Waals surface area contributed by atoms with E-state index < -0.39 is 17.5 Å². The van der Waals surface area contributed by atoms with Crippen LogP contribution in [0.15, 0.2) is 44.7 Å². The maximum atomic E-state index is 12.4. The minimum absolute atomic E-state index is 0.0787. The molecule has 2 N–H and O–H groups in total. The third-order valence-corrected chi connectivity index (χ3v) is 6.33. The van der Waals surface area contributed by atoms with Crippen molar-refractivity contribution in [1.82, 2.24) is 5.32 Å². The number of carboxylic acid groups (broad SMARTS) is 1. The van der Waals surface area contributed by atoms with E-state index in [0.717, 1.165) is 11.8 Å². The number of nitrogens with one attached hydrogen (secondary N) is 1. The summed E-state index contributed by atoms with van der Waals surface area (Å²) in [4.78, 5) is 38.4. The van der Waals surface area contributed by atoms with Crippen molar-refractivity contribution in [2.45, 2.75) is 6.92 Å². The molecule has 0 aromatic heterocycles. The van der Waals surface area contributed by atoms with Gasteiger partial charge in [0.1, 0.15) is 0 Å². The van der Waals surface area contributed by atoms with Crippen molar-refractivity contribution in [2.75, 3.05) is 13.2 Å². The number of nitro groups is 1. The fraction of sp³-hybridized carbons (Fsp3) is 0.150. The van der Waals surface area contributed by atoms with Gasteiger partial charge in [-0.1, -0.05) is 0 Å². The van der Waals surface area contributed by atoms with E-state index in [1.807, 2.05) is 22.6 Å². The van der Waals surface area contributed by atoms with Gasteiger partial charge in [0.05, 0.1) is 30.2 Å². The number of thioether (sulfide) groups is 1. The first-order valence-corrected chi connectivity index (χ1v) is 11.9. The molecule has 3 rings (SSSR count). The van der Waals surface area contributed by atoms with Crippen LogP contribution in [-0.4, -0.2) is 40.3 Å². The SMILES string of the molecule is CCOc1cc(/C=C2/SC(=Nc3ccc([N+](=O)[O-])cc3Br)NC2=O)cc(I)c1OCC(=O)O. The standard InChI is InChI=1S/C20H15BrIN3O7S/c1-2-31-15-6-10(5-13(22)18(15)32-9-17(26)27)7-16-19(28)24-20(33-16)23-14-4-3-11(25(29)30)8-12(14)21/h3-8H,2,9H2,1H3,(H,26,27)(H,23,24,28)/b16-7+. The summed E-state index contributed by atoms with van der Waals surface area (Å²) in [5, 5.41) is 22.7. The van der Waals surface area contributed by atoms with Crippen molar-refractivity contribution in [3.63, 3.8) is 0 Å². The van der Waals surface area contributed by atoms with Gasteiger partial charge in [-0.05, 0) is 87.0 Å². The van der Waals surface area contributed by atoms with Gasteiger partial charge in [-0.15, -0.1) is 0 Å². The van der Waals surface area contributed by atoms with Crippen molar-refractivity contribution >= 4 is 84.8 Å². The first-order chi connectivity index (χ1) is 15.7. The van der Waals surface area contributed by atoms with E-state index in [4.69, 9.17) is 14.6 Å². The minimum atomic E-state index is -1.11. The number of benzene rings is 2. The maximum Gasteiger partial charge on any atom is 0.341 e. The topological polar surface area (TPSA) is 140 Å². The van der Waals surface area contributed by atoms with Crippen LogP contribution in [0.5, 0.6) is 11.5 Å². The van der Waals surface area contributed by atoms with Crippen LogP contribution in [0.2, 0.25) is 0 Å². The van der Waals surface area contributed by atoms with Gasteiger partial charge in [0, 0.05) is 12.1 Å². The zero-order valence-corrected chi connectivity index (χ0v) is 21.4. The number of hydrogen-bond acceptors (Lipinski definition) is 8. The molecule has 1 aliphatic rings. The Balaban J connectivity index is 1.87. The van der Waals surface area contributed by atoms with Gasteiger partial charge >= 0.3 is 5.97 Å². The van der Waals surface area contributed by atoms with Gasteiger partial charge in [-0.25, -0.2) is 9.79 Å². The summed E-state index contributed by atoms with van der Waals surface area (Å²) in [6, 6.07) is 7.54. The number of nitrogens with zero attached hydrogens (tertiary/aromatic N) is 2. The highest BCUT2D eigenvalue weighted by Gasteiger charge is 2.25. The molecule has 2 aromatic rings. The zero-order chi connectivity index (χ0) is 24.1. The highest BCUT2D eigenvalue weighted by Crippen LogP contribution is 2.37. The molecule has 0 atom stereocenters. The summed E-state index contributed by atoms with van der Waals surface area (Å²) in [5.41, 5.74) is 1.00. The number of aliphatic imine (C=N–C) groups is 1. The van der Waals surface area contributed by atoms with Gasteiger partial charge in [0.2, 0.25) is 0 Å². The lowest BCUT2D eigenvalue weighted by molar-refractivity contribution is -0.384. The second-order valence-corrected chi connectivity index (χ2v) is 9.37. The molecule has 0 spiro atoms. The van der Waals surface area contributed by atoms with Crippen LogP contribution in [0.3, 0.4) is 0 Å². The Hall–Kier alpha value is -2.65. The molecule has 1 saturated heterocycles. The number of aliphatic carboxylic acids is 1. The molecule has 0 radical (unpaired) electrons. The Bertz CT molecular complexity index is 1200. The second kappa shape index (κ2) is 11.0. The second-order valence-electron chi connectivity index (χ2n) is 6.32. The van der Waals surface area contributed by atoms with Crippen LogP contribution in [-0.2, 0) is 9.59 Å². The average Bonchev–Trinajstić information content (AvgIpc) is 3.07. The largest absolute Gasteiger partial charge is 0.490 e. The van der Waals surface area contributed by atoms with E-state index in [-0.39, 0.29) is 11.6 Å². The van der Waals surface area contributed by atoms with Crippen LogP contribution in [0.25, 0.3) is 6.08 Å². The highest BCUT2D eigenvalue weighted by molar-refractivity contribution is 14.1. The van der Waals surface area contributed by atoms with Gasteiger partial charge < -0.3 is 19.9 Å². The number of carbonyl (C=O) groups excluding carboxylic acids is 1. The molecule has 1 fully saturated rings. The van der Waals surface area contributed by atoms with Crippen LogP contribution >= 0.6 is 50.3 Å². The molecular weight excluding hydrogens is 633 g/mol. The summed E-state index contributed by atoms with van der Waals surface area (Å²) in [5.74, 6) is -0.777. The van der Waals surface area contributed by atoms with Crippen LogP contribution in [0, 0.1) is 13.7 Å². The lowest BCUT2D eigenvalue weighted by atomic mass is 10.2. The van der Waals surface area contributed by atoms with Gasteiger partial charge in [0.15, 0.2) is 23.3 Å². The molecule has 0 saturated carbocycles. The fourth-order valence-electron chi connectivity index (χ4n) is 2.65. The van der Waals surface area contributed by atoms with E-state index in [1.165, 1.54) is 18.2 Å². The Kier molecular flexibility index (Phi) is 8.31. The number of non-ortho nitro benzene ring substituents is 1. The summed E-state index contributed by atoms with van der Waals surface area (Å²) in [7, 11) is 0. The third-order valence-electron chi connectivity index (χ3n) is 3.98. The van der Waals surface area contributed by atoms with Crippen LogP contribution < -0.4 is 14.8 Å². The third kappa shape index (κ3) is 6.45. The lowest BCUT2D eigenvalue weighted by Crippen LogP contribution is -2.19. The quantitative estimate of drug-likeness (QED) is 0.182. The number of amidine groups is 1. The fourth-order valence-corrected chi connectivity index (χ4v) is 4.72. The van der Waals surface area contributed by atoms with Gasteiger partial charge in [-0.2, -0.15) is 0 Å². The van der Waals surface area contributed by atoms with E-state index in [1.54, 1.807) is 25.1 Å². The number of halogens is 2. The maximum absolute atomic E-state index is 12.4. The number of carbonyl (C=O) groups is 2. The summed E-state index contributed by atoms with van der Waals surface area (Å²) < 4.78 is 12.0. The Morgan fingerprint density at radius 1 is 1.36 bits per heavy atom. The lowest BCUT2D eigenvalue weighted by Gasteiger charge is -2.13. The van der Waals surface area contributed by atoms with E-state index in [0.29, 0.717) is 47.5 Å². The molecule has 13 heteroatoms. The monoisotopic (exact) mass is 647 g/mol. The predicted octanol–water partition coefficient (Wildman–Crippen LogP) is 4.72. The molecule has 0 bridgehead atoms. The van der Waals surface area contributed by atoms with Crippen molar-refractivity contribution in [3.05, 3.63) is 59.0 Å². The van der Waals surface area contributed by atoms with E-state index >= 15 is 0 Å². The summed E-state index contributed by atoms with van der Waals surface area (Å²) in [6.45, 7) is 1.63. The normalized spacial score (nSPS) is 15.5. The van der Waals surface area contributed by atoms with Gasteiger partial charge in [0.25, 0.3) is 11.6 Å². The summed E-state index contributed by atoms with van der Waals surface area (Å²) >= 11 is 6.38. The predicted molar refractivity (Wildman–Crippen MR) is 135 cm³/mol. The molecule has 10 nitrogen and oxygen atoms in total. The average molecular weight is 648 g/mol. The first-order valence-electron chi connectivity index (χ1n) is 9.22. The number of rotatable bonds is 8. The Morgan fingerprint density at radius 3 is 2.76 bits per heavy atom. The van der Waals surface area contributed by atoms with Crippen LogP contribution in [0.1, 0.15) is 12.5 Å². The van der Waals surface area contributed by atoms with Crippen molar-refractivity contribution in [1.29, 1.82) is 0 Å². The van der Waals surface area contributed by atoms with Crippen molar-refractivity contribution < 1.29 is 29.1 Å². The molecule has 1 aliphatic heterocycles. The van der Waals surface area contributed by atoms with E-state index in [9.17, 15) is 19.7 Å². The number of amides is 1. The van der Waals surface area contributed by atoms with Crippen LogP contribution in [0.4, 0.5) is 11.4 Å². The smallest absolute Gasteiger partial charge is 0.341 e. The molecule has 1 heterocycles. The molecule has 2 aromatic carbocycles. The molecular formula is C20H15BrIN3O7S. The Morgan fingerprint density at radius 2 is 2.12 bits per heavy atom. The van der Waals surface area contributed by atoms with Gasteiger partial charge in [-0.3, -0.25) is 14.9 Å². The number of carboxylic acids is 1. The molecule has 33 heavy (non-hydrogen) atoms. The molecule has 0 aliphatic carbocycles. The number of hydrogen-bond donors (Lipinski definition) is 2.